The molecule has 0 aliphatic carbocycles. The van der Waals surface area contributed by atoms with Gasteiger partial charge in [0, 0.05) is 27.1 Å². The maximum absolute atomic E-state index is 12.0. The number of hydrogen-bond acceptors (Lipinski definition) is 3. The van der Waals surface area contributed by atoms with Gasteiger partial charge in [0.15, 0.2) is 6.61 Å². The fourth-order valence-electron chi connectivity index (χ4n) is 3.00. The summed E-state index contributed by atoms with van der Waals surface area (Å²) in [7, 11) is 0. The summed E-state index contributed by atoms with van der Waals surface area (Å²) < 4.78 is 8.69. The number of hydrazone groups is 1. The van der Waals surface area contributed by atoms with Gasteiger partial charge in [0.1, 0.15) is 5.75 Å². The standard InChI is InChI=1S/C22H22BrN3O2/c1-15-7-4-5-10-21(15)28-14-22(27)25-24-13-18-11-16(2)26(17(18)3)20-9-6-8-19(23)12-20/h4-13H,14H2,1-3H3,(H,25,27)/b24-13-. The molecule has 6 heteroatoms. The summed E-state index contributed by atoms with van der Waals surface area (Å²) in [6, 6.07) is 17.7. The zero-order chi connectivity index (χ0) is 20.1. The zero-order valence-corrected chi connectivity index (χ0v) is 17.7. The van der Waals surface area contributed by atoms with Gasteiger partial charge in [0.25, 0.3) is 5.91 Å². The summed E-state index contributed by atoms with van der Waals surface area (Å²) in [5, 5.41) is 4.08. The lowest BCUT2D eigenvalue weighted by Crippen LogP contribution is -2.24. The summed E-state index contributed by atoms with van der Waals surface area (Å²) in [4.78, 5) is 12.0. The van der Waals surface area contributed by atoms with Crippen LogP contribution in [0.15, 0.2) is 64.2 Å². The van der Waals surface area contributed by atoms with Gasteiger partial charge in [0.05, 0.1) is 6.21 Å². The summed E-state index contributed by atoms with van der Waals surface area (Å²) in [6.45, 7) is 5.92. The van der Waals surface area contributed by atoms with E-state index in [1.807, 2.05) is 63.2 Å². The molecule has 28 heavy (non-hydrogen) atoms. The van der Waals surface area contributed by atoms with E-state index in [9.17, 15) is 4.79 Å². The second-order valence-electron chi connectivity index (χ2n) is 6.49. The first kappa shape index (κ1) is 19.9. The predicted molar refractivity (Wildman–Crippen MR) is 115 cm³/mol. The molecule has 0 aliphatic rings. The molecule has 3 rings (SSSR count). The van der Waals surface area contributed by atoms with E-state index in [0.717, 1.165) is 32.7 Å². The Morgan fingerprint density at radius 2 is 1.93 bits per heavy atom. The number of rotatable bonds is 6. The fourth-order valence-corrected chi connectivity index (χ4v) is 3.39. The summed E-state index contributed by atoms with van der Waals surface area (Å²) in [6.07, 6.45) is 1.66. The lowest BCUT2D eigenvalue weighted by molar-refractivity contribution is -0.123. The molecule has 0 saturated heterocycles. The molecule has 5 nitrogen and oxygen atoms in total. The summed E-state index contributed by atoms with van der Waals surface area (Å²) in [5.74, 6) is 0.388. The fraction of sp³-hybridized carbons (Fsp3) is 0.182. The van der Waals surface area contributed by atoms with Gasteiger partial charge in [-0.15, -0.1) is 0 Å². The summed E-state index contributed by atoms with van der Waals surface area (Å²) in [5.41, 5.74) is 7.65. The maximum atomic E-state index is 12.0. The molecule has 144 valence electrons. The van der Waals surface area contributed by atoms with Crippen LogP contribution in [0, 0.1) is 20.8 Å². The highest BCUT2D eigenvalue weighted by atomic mass is 79.9. The largest absolute Gasteiger partial charge is 0.483 e. The van der Waals surface area contributed by atoms with Gasteiger partial charge in [-0.25, -0.2) is 5.43 Å². The van der Waals surface area contributed by atoms with Crippen LogP contribution in [-0.4, -0.2) is 23.3 Å². The number of para-hydroxylation sites is 1. The lowest BCUT2D eigenvalue weighted by Gasteiger charge is -2.10. The molecule has 2 aromatic carbocycles. The first-order chi connectivity index (χ1) is 13.5. The number of benzene rings is 2. The van der Waals surface area contributed by atoms with Crippen LogP contribution in [0.4, 0.5) is 0 Å². The van der Waals surface area contributed by atoms with Crippen LogP contribution < -0.4 is 10.2 Å². The molecule has 0 aliphatic heterocycles. The number of halogens is 1. The van der Waals surface area contributed by atoms with E-state index in [1.165, 1.54) is 0 Å². The number of carbonyl (C=O) groups excluding carboxylic acids is 1. The van der Waals surface area contributed by atoms with Crippen molar-refractivity contribution in [1.29, 1.82) is 0 Å². The Bertz CT molecular complexity index is 1020. The van der Waals surface area contributed by atoms with E-state index in [0.29, 0.717) is 5.75 Å². The third-order valence-corrected chi connectivity index (χ3v) is 4.88. The number of nitrogens with one attached hydrogen (secondary N) is 1. The number of amides is 1. The highest BCUT2D eigenvalue weighted by molar-refractivity contribution is 9.10. The normalized spacial score (nSPS) is 11.0. The minimum absolute atomic E-state index is 0.0841. The van der Waals surface area contributed by atoms with E-state index in [-0.39, 0.29) is 12.5 Å². The molecule has 0 unspecified atom stereocenters. The smallest absolute Gasteiger partial charge is 0.277 e. The van der Waals surface area contributed by atoms with Gasteiger partial charge >= 0.3 is 0 Å². The van der Waals surface area contributed by atoms with Crippen molar-refractivity contribution in [3.05, 3.63) is 81.6 Å². The minimum Gasteiger partial charge on any atom is -0.483 e. The molecular formula is C22H22BrN3O2. The predicted octanol–water partition coefficient (Wildman–Crippen LogP) is 4.69. The van der Waals surface area contributed by atoms with Crippen molar-refractivity contribution in [2.24, 2.45) is 5.10 Å². The average Bonchev–Trinajstić information content (AvgIpc) is 2.94. The van der Waals surface area contributed by atoms with E-state index >= 15 is 0 Å². The van der Waals surface area contributed by atoms with E-state index < -0.39 is 0 Å². The first-order valence-corrected chi connectivity index (χ1v) is 9.70. The van der Waals surface area contributed by atoms with Crippen molar-refractivity contribution in [2.45, 2.75) is 20.8 Å². The van der Waals surface area contributed by atoms with Crippen LogP contribution >= 0.6 is 15.9 Å². The quantitative estimate of drug-likeness (QED) is 0.447. The van der Waals surface area contributed by atoms with Crippen LogP contribution in [0.25, 0.3) is 5.69 Å². The number of aryl methyl sites for hydroxylation is 2. The summed E-state index contributed by atoms with van der Waals surface area (Å²) >= 11 is 3.51. The van der Waals surface area contributed by atoms with Gasteiger partial charge in [-0.05, 0) is 56.7 Å². The van der Waals surface area contributed by atoms with Crippen LogP contribution in [0.1, 0.15) is 22.5 Å². The van der Waals surface area contributed by atoms with Crippen LogP contribution in [-0.2, 0) is 4.79 Å². The van der Waals surface area contributed by atoms with Gasteiger partial charge in [-0.1, -0.05) is 40.2 Å². The van der Waals surface area contributed by atoms with Gasteiger partial charge < -0.3 is 9.30 Å². The molecule has 0 radical (unpaired) electrons. The van der Waals surface area contributed by atoms with Crippen LogP contribution in [0.5, 0.6) is 5.75 Å². The van der Waals surface area contributed by atoms with Crippen molar-refractivity contribution in [3.8, 4) is 11.4 Å². The van der Waals surface area contributed by atoms with Gasteiger partial charge in [-0.3, -0.25) is 4.79 Å². The molecule has 1 N–H and O–H groups in total. The Balaban J connectivity index is 1.64. The van der Waals surface area contributed by atoms with E-state index in [1.54, 1.807) is 6.21 Å². The molecular weight excluding hydrogens is 418 g/mol. The molecule has 1 aromatic heterocycles. The minimum atomic E-state index is -0.305. The second kappa shape index (κ2) is 8.89. The van der Waals surface area contributed by atoms with Crippen molar-refractivity contribution in [3.63, 3.8) is 0 Å². The molecule has 0 saturated carbocycles. The van der Waals surface area contributed by atoms with Crippen molar-refractivity contribution in [1.82, 2.24) is 9.99 Å². The Labute approximate surface area is 173 Å². The maximum Gasteiger partial charge on any atom is 0.277 e. The highest BCUT2D eigenvalue weighted by Gasteiger charge is 2.10. The van der Waals surface area contributed by atoms with Crippen LogP contribution in [0.3, 0.4) is 0 Å². The topological polar surface area (TPSA) is 55.6 Å². The zero-order valence-electron chi connectivity index (χ0n) is 16.1. The number of ether oxygens (including phenoxy) is 1. The number of carbonyl (C=O) groups is 1. The Morgan fingerprint density at radius 1 is 1.14 bits per heavy atom. The lowest BCUT2D eigenvalue weighted by atomic mass is 10.2. The molecule has 3 aromatic rings. The molecule has 0 fully saturated rings. The van der Waals surface area contributed by atoms with Gasteiger partial charge in [-0.2, -0.15) is 5.10 Å². The van der Waals surface area contributed by atoms with Gasteiger partial charge in [0.2, 0.25) is 0 Å². The number of aromatic nitrogens is 1. The van der Waals surface area contributed by atoms with Crippen LogP contribution in [0.2, 0.25) is 0 Å². The SMILES string of the molecule is Cc1ccccc1OCC(=O)N/N=C\c1cc(C)n(-c2cccc(Br)c2)c1C. The third kappa shape index (κ3) is 4.70. The second-order valence-corrected chi connectivity index (χ2v) is 7.40. The first-order valence-electron chi connectivity index (χ1n) is 8.91. The third-order valence-electron chi connectivity index (χ3n) is 4.38. The Hall–Kier alpha value is -2.86. The molecule has 1 heterocycles. The van der Waals surface area contributed by atoms with E-state index in [2.05, 4.69) is 43.2 Å². The highest BCUT2D eigenvalue weighted by Crippen LogP contribution is 2.22. The Morgan fingerprint density at radius 3 is 2.68 bits per heavy atom. The number of nitrogens with zero attached hydrogens (tertiary/aromatic N) is 2. The molecule has 1 amide bonds. The number of hydrogen-bond donors (Lipinski definition) is 1. The van der Waals surface area contributed by atoms with E-state index in [4.69, 9.17) is 4.74 Å². The average molecular weight is 440 g/mol. The van der Waals surface area contributed by atoms with Crippen molar-refractivity contribution < 1.29 is 9.53 Å². The monoisotopic (exact) mass is 439 g/mol. The molecule has 0 atom stereocenters. The molecule has 0 spiro atoms. The van der Waals surface area contributed by atoms with Crippen molar-refractivity contribution in [2.75, 3.05) is 6.61 Å². The molecule has 0 bridgehead atoms. The Kier molecular flexibility index (Phi) is 6.31. The van der Waals surface area contributed by atoms with Crippen molar-refractivity contribution >= 4 is 28.1 Å².